The van der Waals surface area contributed by atoms with Crippen molar-refractivity contribution in [1.82, 2.24) is 9.78 Å². The van der Waals surface area contributed by atoms with Crippen molar-refractivity contribution in [2.75, 3.05) is 0 Å². The molecular weight excluding hydrogens is 203 g/mol. The van der Waals surface area contributed by atoms with Crippen LogP contribution in [0.3, 0.4) is 0 Å². The quantitative estimate of drug-likeness (QED) is 0.836. The van der Waals surface area contributed by atoms with Crippen LogP contribution in [-0.4, -0.2) is 14.9 Å². The molecule has 0 saturated carbocycles. The van der Waals surface area contributed by atoms with E-state index in [0.29, 0.717) is 5.92 Å². The van der Waals surface area contributed by atoms with E-state index >= 15 is 0 Å². The molecule has 0 amide bonds. The molecule has 3 nitrogen and oxygen atoms in total. The number of nitrogens with zero attached hydrogens (tertiary/aromatic N) is 2. The summed E-state index contributed by atoms with van der Waals surface area (Å²) >= 11 is 0. The molecule has 1 unspecified atom stereocenters. The Balaban J connectivity index is 0.00000144. The van der Waals surface area contributed by atoms with Gasteiger partial charge in [0.05, 0.1) is 12.3 Å². The van der Waals surface area contributed by atoms with E-state index < -0.39 is 0 Å². The third kappa shape index (κ3) is 3.98. The van der Waals surface area contributed by atoms with Crippen LogP contribution in [0.4, 0.5) is 0 Å². The molecule has 0 fully saturated rings. The number of aliphatic hydroxyl groups excluding tert-OH is 1. The van der Waals surface area contributed by atoms with Gasteiger partial charge in [0.1, 0.15) is 0 Å². The molecule has 1 atom stereocenters. The summed E-state index contributed by atoms with van der Waals surface area (Å²) in [5.41, 5.74) is 0.909. The molecule has 1 N–H and O–H groups in total. The topological polar surface area (TPSA) is 38.1 Å². The second-order valence-corrected chi connectivity index (χ2v) is 3.59. The van der Waals surface area contributed by atoms with Gasteiger partial charge in [0, 0.05) is 37.4 Å². The van der Waals surface area contributed by atoms with Crippen molar-refractivity contribution in [3.05, 3.63) is 18.0 Å². The molecule has 1 radical (unpaired) electrons. The summed E-state index contributed by atoms with van der Waals surface area (Å²) in [7, 11) is 1.85. The zero-order valence-electron chi connectivity index (χ0n) is 8.31. The maximum atomic E-state index is 9.65. The van der Waals surface area contributed by atoms with Gasteiger partial charge in [0.2, 0.25) is 0 Å². The molecule has 0 aliphatic rings. The molecular formula is C9H16N2OV. The van der Waals surface area contributed by atoms with Crippen molar-refractivity contribution >= 4 is 0 Å². The van der Waals surface area contributed by atoms with Crippen molar-refractivity contribution in [2.24, 2.45) is 13.0 Å². The second-order valence-electron chi connectivity index (χ2n) is 3.59. The first-order valence-corrected chi connectivity index (χ1v) is 4.26. The molecule has 0 spiro atoms. The number of aryl methyl sites for hydroxylation is 1. The van der Waals surface area contributed by atoms with Gasteiger partial charge in [-0.05, 0) is 12.3 Å². The van der Waals surface area contributed by atoms with Gasteiger partial charge in [-0.25, -0.2) is 0 Å². The summed E-state index contributed by atoms with van der Waals surface area (Å²) in [4.78, 5) is 0. The Labute approximate surface area is 91.0 Å². The van der Waals surface area contributed by atoms with Crippen LogP contribution in [0.15, 0.2) is 12.4 Å². The Hall–Kier alpha value is -0.246. The zero-order chi connectivity index (χ0) is 9.14. The Morgan fingerprint density at radius 2 is 2.15 bits per heavy atom. The van der Waals surface area contributed by atoms with Crippen LogP contribution in [-0.2, 0) is 25.6 Å². The first kappa shape index (κ1) is 12.8. The maximum absolute atomic E-state index is 9.65. The van der Waals surface area contributed by atoms with Gasteiger partial charge >= 0.3 is 0 Å². The number of aromatic nitrogens is 2. The van der Waals surface area contributed by atoms with Crippen molar-refractivity contribution in [1.29, 1.82) is 0 Å². The summed E-state index contributed by atoms with van der Waals surface area (Å²) in [5, 5.41) is 13.7. The first-order chi connectivity index (χ1) is 5.59. The zero-order valence-corrected chi connectivity index (χ0v) is 9.70. The SMILES string of the molecule is CC(C)CC(O)c1cnn(C)c1.[V]. The normalized spacial score (nSPS) is 12.7. The van der Waals surface area contributed by atoms with Crippen LogP contribution in [0.1, 0.15) is 31.9 Å². The maximum Gasteiger partial charge on any atom is 0.0823 e. The molecule has 13 heavy (non-hydrogen) atoms. The minimum Gasteiger partial charge on any atom is -0.388 e. The van der Waals surface area contributed by atoms with Crippen LogP contribution in [0, 0.1) is 5.92 Å². The van der Waals surface area contributed by atoms with Gasteiger partial charge in [-0.3, -0.25) is 4.68 Å². The van der Waals surface area contributed by atoms with E-state index in [4.69, 9.17) is 0 Å². The van der Waals surface area contributed by atoms with Crippen LogP contribution in [0.25, 0.3) is 0 Å². The molecule has 0 aliphatic carbocycles. The minimum atomic E-state index is -0.362. The summed E-state index contributed by atoms with van der Waals surface area (Å²) in [6.45, 7) is 4.19. The van der Waals surface area contributed by atoms with E-state index in [-0.39, 0.29) is 24.7 Å². The van der Waals surface area contributed by atoms with E-state index in [9.17, 15) is 5.11 Å². The van der Waals surface area contributed by atoms with Crippen LogP contribution in [0.5, 0.6) is 0 Å². The van der Waals surface area contributed by atoms with Crippen molar-refractivity contribution in [3.8, 4) is 0 Å². The fourth-order valence-corrected chi connectivity index (χ4v) is 1.19. The Morgan fingerprint density at radius 3 is 2.54 bits per heavy atom. The van der Waals surface area contributed by atoms with Crippen LogP contribution >= 0.6 is 0 Å². The van der Waals surface area contributed by atoms with Crippen molar-refractivity contribution in [3.63, 3.8) is 0 Å². The largest absolute Gasteiger partial charge is 0.388 e. The molecule has 1 aromatic heterocycles. The summed E-state index contributed by atoms with van der Waals surface area (Å²) in [5.74, 6) is 0.514. The second kappa shape index (κ2) is 5.48. The third-order valence-electron chi connectivity index (χ3n) is 1.80. The van der Waals surface area contributed by atoms with E-state index in [1.807, 2.05) is 13.2 Å². The predicted octanol–water partition coefficient (Wildman–Crippen LogP) is 1.50. The molecule has 0 bridgehead atoms. The number of hydrogen-bond donors (Lipinski definition) is 1. The summed E-state index contributed by atoms with van der Waals surface area (Å²) in [6.07, 6.45) is 4.00. The predicted molar refractivity (Wildman–Crippen MR) is 47.6 cm³/mol. The Morgan fingerprint density at radius 1 is 1.54 bits per heavy atom. The number of hydrogen-bond acceptors (Lipinski definition) is 2. The average Bonchev–Trinajstić information content (AvgIpc) is 2.34. The standard InChI is InChI=1S/C9H16N2O.V/c1-7(2)4-9(12)8-5-10-11(3)6-8;/h5-7,9,12H,4H2,1-3H3;. The van der Waals surface area contributed by atoms with Crippen LogP contribution < -0.4 is 0 Å². The van der Waals surface area contributed by atoms with Gasteiger partial charge in [-0.1, -0.05) is 13.8 Å². The molecule has 1 rings (SSSR count). The van der Waals surface area contributed by atoms with Gasteiger partial charge < -0.3 is 5.11 Å². The fourth-order valence-electron chi connectivity index (χ4n) is 1.19. The van der Waals surface area contributed by atoms with E-state index in [1.54, 1.807) is 10.9 Å². The van der Waals surface area contributed by atoms with Gasteiger partial charge in [0.15, 0.2) is 0 Å². The number of aliphatic hydroxyl groups is 1. The van der Waals surface area contributed by atoms with E-state index in [2.05, 4.69) is 18.9 Å². The van der Waals surface area contributed by atoms with Crippen LogP contribution in [0.2, 0.25) is 0 Å². The third-order valence-corrected chi connectivity index (χ3v) is 1.80. The molecule has 1 aromatic rings. The first-order valence-electron chi connectivity index (χ1n) is 4.26. The monoisotopic (exact) mass is 219 g/mol. The van der Waals surface area contributed by atoms with Gasteiger partial charge in [0.25, 0.3) is 0 Å². The Kier molecular flexibility index (Phi) is 5.37. The molecule has 0 aliphatic heterocycles. The van der Waals surface area contributed by atoms with E-state index in [0.717, 1.165) is 12.0 Å². The Bertz CT molecular complexity index is 248. The molecule has 0 saturated heterocycles. The molecule has 0 aromatic carbocycles. The van der Waals surface area contributed by atoms with Gasteiger partial charge in [-0.2, -0.15) is 5.10 Å². The fraction of sp³-hybridized carbons (Fsp3) is 0.667. The number of rotatable bonds is 3. The molecule has 1 heterocycles. The minimum absolute atomic E-state index is 0. The summed E-state index contributed by atoms with van der Waals surface area (Å²) in [6, 6.07) is 0. The smallest absolute Gasteiger partial charge is 0.0823 e. The van der Waals surface area contributed by atoms with E-state index in [1.165, 1.54) is 0 Å². The summed E-state index contributed by atoms with van der Waals surface area (Å²) < 4.78 is 1.71. The van der Waals surface area contributed by atoms with Gasteiger partial charge in [-0.15, -0.1) is 0 Å². The van der Waals surface area contributed by atoms with Crippen molar-refractivity contribution in [2.45, 2.75) is 26.4 Å². The average molecular weight is 219 g/mol. The molecule has 4 heteroatoms. The molecule has 73 valence electrons. The van der Waals surface area contributed by atoms with Crippen molar-refractivity contribution < 1.29 is 23.7 Å².